The predicted molar refractivity (Wildman–Crippen MR) is 75.8 cm³/mol. The lowest BCUT2D eigenvalue weighted by atomic mass is 9.93. The van der Waals surface area contributed by atoms with Gasteiger partial charge in [-0.05, 0) is 38.5 Å². The summed E-state index contributed by atoms with van der Waals surface area (Å²) in [4.78, 5) is 17.2. The van der Waals surface area contributed by atoms with Crippen molar-refractivity contribution in [2.24, 2.45) is 0 Å². The first-order chi connectivity index (χ1) is 9.72. The van der Waals surface area contributed by atoms with Crippen LogP contribution >= 0.6 is 11.3 Å². The summed E-state index contributed by atoms with van der Waals surface area (Å²) >= 11 is 1.43. The molecule has 1 aromatic heterocycles. The van der Waals surface area contributed by atoms with Crippen LogP contribution < -0.4 is 5.32 Å². The van der Waals surface area contributed by atoms with Gasteiger partial charge in [0.15, 0.2) is 0 Å². The van der Waals surface area contributed by atoms with Gasteiger partial charge in [0, 0.05) is 12.6 Å². The van der Waals surface area contributed by atoms with Gasteiger partial charge in [0.25, 0.3) is 5.91 Å². The van der Waals surface area contributed by atoms with Crippen molar-refractivity contribution < 1.29 is 14.6 Å². The Bertz CT molecular complexity index is 463. The molecule has 1 unspecified atom stereocenters. The van der Waals surface area contributed by atoms with E-state index in [9.17, 15) is 9.90 Å². The standard InChI is InChI=1S/C14H20N2O3S/c17-10-5-3-9(4-6-10)16-13(18)12-8-15-14(20-12)11-2-1-7-19-11/h8-11,17H,1-7H2,(H,16,18). The summed E-state index contributed by atoms with van der Waals surface area (Å²) in [7, 11) is 0. The van der Waals surface area contributed by atoms with Crippen LogP contribution in [0.25, 0.3) is 0 Å². The Labute approximate surface area is 122 Å². The molecule has 2 fully saturated rings. The van der Waals surface area contributed by atoms with Crippen molar-refractivity contribution in [1.29, 1.82) is 0 Å². The number of nitrogens with zero attached hydrogens (tertiary/aromatic N) is 1. The fourth-order valence-electron chi connectivity index (χ4n) is 2.79. The summed E-state index contributed by atoms with van der Waals surface area (Å²) in [6, 6.07) is 0.180. The molecule has 0 radical (unpaired) electrons. The van der Waals surface area contributed by atoms with E-state index >= 15 is 0 Å². The molecule has 110 valence electrons. The molecule has 1 aromatic rings. The highest BCUT2D eigenvalue weighted by atomic mass is 32.1. The summed E-state index contributed by atoms with van der Waals surface area (Å²) in [6.45, 7) is 0.788. The van der Waals surface area contributed by atoms with Crippen LogP contribution in [-0.2, 0) is 4.74 Å². The Morgan fingerprint density at radius 2 is 2.15 bits per heavy atom. The smallest absolute Gasteiger partial charge is 0.263 e. The number of aliphatic hydroxyl groups is 1. The van der Waals surface area contributed by atoms with Gasteiger partial charge in [0.05, 0.1) is 12.3 Å². The van der Waals surface area contributed by atoms with Crippen molar-refractivity contribution in [3.05, 3.63) is 16.1 Å². The largest absolute Gasteiger partial charge is 0.393 e. The molecule has 2 aliphatic rings. The van der Waals surface area contributed by atoms with E-state index < -0.39 is 0 Å². The maximum Gasteiger partial charge on any atom is 0.263 e. The molecule has 1 aliphatic heterocycles. The van der Waals surface area contributed by atoms with Crippen molar-refractivity contribution in [1.82, 2.24) is 10.3 Å². The first-order valence-electron chi connectivity index (χ1n) is 7.28. The summed E-state index contributed by atoms with van der Waals surface area (Å²) < 4.78 is 5.58. The Morgan fingerprint density at radius 1 is 1.35 bits per heavy atom. The van der Waals surface area contributed by atoms with Crippen molar-refractivity contribution >= 4 is 17.2 Å². The molecule has 6 heteroatoms. The van der Waals surface area contributed by atoms with Crippen LogP contribution in [0.5, 0.6) is 0 Å². The van der Waals surface area contributed by atoms with Gasteiger partial charge in [-0.15, -0.1) is 11.3 Å². The average Bonchev–Trinajstić information content (AvgIpc) is 3.11. The first-order valence-corrected chi connectivity index (χ1v) is 8.10. The monoisotopic (exact) mass is 296 g/mol. The van der Waals surface area contributed by atoms with E-state index in [1.54, 1.807) is 6.20 Å². The Balaban J connectivity index is 1.57. The number of aliphatic hydroxyl groups excluding tert-OH is 1. The highest BCUT2D eigenvalue weighted by Gasteiger charge is 2.24. The van der Waals surface area contributed by atoms with E-state index in [0.29, 0.717) is 4.88 Å². The lowest BCUT2D eigenvalue weighted by Gasteiger charge is -2.25. The molecule has 2 N–H and O–H groups in total. The van der Waals surface area contributed by atoms with Gasteiger partial charge >= 0.3 is 0 Å². The molecule has 0 aromatic carbocycles. The second-order valence-electron chi connectivity index (χ2n) is 5.54. The molecule has 0 bridgehead atoms. The second-order valence-corrected chi connectivity index (χ2v) is 6.61. The van der Waals surface area contributed by atoms with Gasteiger partial charge in [-0.1, -0.05) is 0 Å². The minimum absolute atomic E-state index is 0.0480. The molecule has 1 saturated carbocycles. The number of amides is 1. The molecular formula is C14H20N2O3S. The zero-order valence-electron chi connectivity index (χ0n) is 11.4. The molecule has 1 saturated heterocycles. The Kier molecular flexibility index (Phi) is 4.33. The number of hydrogen-bond donors (Lipinski definition) is 2. The minimum Gasteiger partial charge on any atom is -0.393 e. The van der Waals surface area contributed by atoms with Gasteiger partial charge in [-0.2, -0.15) is 0 Å². The van der Waals surface area contributed by atoms with Crippen LogP contribution in [0.2, 0.25) is 0 Å². The number of nitrogens with one attached hydrogen (secondary N) is 1. The Hall–Kier alpha value is -0.980. The van der Waals surface area contributed by atoms with Crippen molar-refractivity contribution in [2.45, 2.75) is 56.8 Å². The number of thiazole rings is 1. The molecule has 20 heavy (non-hydrogen) atoms. The van der Waals surface area contributed by atoms with Crippen molar-refractivity contribution in [3.63, 3.8) is 0 Å². The number of hydrogen-bond acceptors (Lipinski definition) is 5. The topological polar surface area (TPSA) is 71.5 Å². The fraction of sp³-hybridized carbons (Fsp3) is 0.714. The second kappa shape index (κ2) is 6.20. The summed E-state index contributed by atoms with van der Waals surface area (Å²) in [5.41, 5.74) is 0. The van der Waals surface area contributed by atoms with Crippen LogP contribution in [0.4, 0.5) is 0 Å². The summed E-state index contributed by atoms with van der Waals surface area (Å²) in [6.07, 6.45) is 6.84. The number of carbonyl (C=O) groups is 1. The number of carbonyl (C=O) groups excluding carboxylic acids is 1. The summed E-state index contributed by atoms with van der Waals surface area (Å²) in [5.74, 6) is -0.0480. The Morgan fingerprint density at radius 3 is 2.85 bits per heavy atom. The van der Waals surface area contributed by atoms with E-state index in [0.717, 1.165) is 50.1 Å². The third-order valence-corrected chi connectivity index (χ3v) is 5.07. The lowest BCUT2D eigenvalue weighted by molar-refractivity contribution is 0.0871. The molecule has 3 rings (SSSR count). The van der Waals surface area contributed by atoms with Crippen LogP contribution in [0.15, 0.2) is 6.20 Å². The lowest BCUT2D eigenvalue weighted by Crippen LogP contribution is -2.38. The van der Waals surface area contributed by atoms with E-state index in [-0.39, 0.29) is 24.2 Å². The molecule has 5 nitrogen and oxygen atoms in total. The van der Waals surface area contributed by atoms with Gasteiger partial charge in [0.2, 0.25) is 0 Å². The molecule has 1 aliphatic carbocycles. The maximum atomic E-state index is 12.2. The SMILES string of the molecule is O=C(NC1CCC(O)CC1)c1cnc(C2CCCO2)s1. The van der Waals surface area contributed by atoms with E-state index in [2.05, 4.69) is 10.3 Å². The van der Waals surface area contributed by atoms with Crippen LogP contribution in [0, 0.1) is 0 Å². The fourth-order valence-corrected chi connectivity index (χ4v) is 3.70. The van der Waals surface area contributed by atoms with Gasteiger partial charge in [-0.3, -0.25) is 4.79 Å². The zero-order chi connectivity index (χ0) is 13.9. The number of ether oxygens (including phenoxy) is 1. The zero-order valence-corrected chi connectivity index (χ0v) is 12.2. The van der Waals surface area contributed by atoms with Gasteiger partial charge < -0.3 is 15.2 Å². The van der Waals surface area contributed by atoms with E-state index in [1.165, 1.54) is 11.3 Å². The third kappa shape index (κ3) is 3.19. The third-order valence-electron chi connectivity index (χ3n) is 3.98. The molecule has 1 atom stereocenters. The average molecular weight is 296 g/mol. The normalized spacial score (nSPS) is 30.4. The van der Waals surface area contributed by atoms with Crippen LogP contribution in [0.3, 0.4) is 0 Å². The number of aromatic nitrogens is 1. The van der Waals surface area contributed by atoms with Gasteiger partial charge in [-0.25, -0.2) is 4.98 Å². The van der Waals surface area contributed by atoms with Crippen molar-refractivity contribution in [3.8, 4) is 0 Å². The van der Waals surface area contributed by atoms with Crippen molar-refractivity contribution in [2.75, 3.05) is 6.61 Å². The predicted octanol–water partition coefficient (Wildman–Crippen LogP) is 2.03. The maximum absolute atomic E-state index is 12.2. The van der Waals surface area contributed by atoms with E-state index in [1.807, 2.05) is 0 Å². The van der Waals surface area contributed by atoms with Crippen LogP contribution in [-0.4, -0.2) is 34.8 Å². The molecule has 2 heterocycles. The summed E-state index contributed by atoms with van der Waals surface area (Å²) in [5, 5.41) is 13.4. The number of rotatable bonds is 3. The van der Waals surface area contributed by atoms with E-state index in [4.69, 9.17) is 4.74 Å². The highest BCUT2D eigenvalue weighted by Crippen LogP contribution is 2.31. The highest BCUT2D eigenvalue weighted by molar-refractivity contribution is 7.13. The van der Waals surface area contributed by atoms with Crippen LogP contribution in [0.1, 0.15) is 59.3 Å². The minimum atomic E-state index is -0.197. The molecule has 1 amide bonds. The first kappa shape index (κ1) is 14.0. The quantitative estimate of drug-likeness (QED) is 0.895. The van der Waals surface area contributed by atoms with Gasteiger partial charge in [0.1, 0.15) is 16.0 Å². The molecular weight excluding hydrogens is 276 g/mol. The molecule has 0 spiro atoms.